The molecule has 0 spiro atoms. The molecule has 4 rings (SSSR count). The summed E-state index contributed by atoms with van der Waals surface area (Å²) >= 11 is 0. The smallest absolute Gasteiger partial charge is 0.332 e. The Morgan fingerprint density at radius 1 is 0.886 bits per heavy atom. The van der Waals surface area contributed by atoms with Gasteiger partial charge in [0.25, 0.3) is 5.91 Å². The molecule has 0 aliphatic heterocycles. The van der Waals surface area contributed by atoms with Crippen LogP contribution in [-0.4, -0.2) is 44.0 Å². The number of benzene rings is 3. The SMILES string of the molecule is Cn1nc(C(=O)NC(Cc2ccc(-c3ccccc3)cc2)CC(O)C(=O)O)cc1-c1ccccc1. The molecule has 0 saturated carbocycles. The first-order valence-corrected chi connectivity index (χ1v) is 11.4. The summed E-state index contributed by atoms with van der Waals surface area (Å²) in [6.45, 7) is 0. The van der Waals surface area contributed by atoms with E-state index in [9.17, 15) is 19.8 Å². The molecular formula is C28H27N3O4. The molecular weight excluding hydrogens is 442 g/mol. The van der Waals surface area contributed by atoms with Crippen LogP contribution in [0.25, 0.3) is 22.4 Å². The molecule has 2 atom stereocenters. The Labute approximate surface area is 203 Å². The highest BCUT2D eigenvalue weighted by molar-refractivity contribution is 5.93. The van der Waals surface area contributed by atoms with Crippen molar-refractivity contribution in [1.29, 1.82) is 0 Å². The Hall–Kier alpha value is -4.23. The van der Waals surface area contributed by atoms with Crippen LogP contribution in [0.5, 0.6) is 0 Å². The average molecular weight is 470 g/mol. The molecule has 7 nitrogen and oxygen atoms in total. The van der Waals surface area contributed by atoms with Gasteiger partial charge in [0.1, 0.15) is 0 Å². The van der Waals surface area contributed by atoms with Gasteiger partial charge in [0.15, 0.2) is 11.8 Å². The summed E-state index contributed by atoms with van der Waals surface area (Å²) in [4.78, 5) is 24.3. The first-order chi connectivity index (χ1) is 16.9. The summed E-state index contributed by atoms with van der Waals surface area (Å²) < 4.78 is 1.63. The minimum atomic E-state index is -1.59. The fourth-order valence-corrected chi connectivity index (χ4v) is 4.03. The van der Waals surface area contributed by atoms with Crippen molar-refractivity contribution in [2.24, 2.45) is 7.05 Å². The van der Waals surface area contributed by atoms with Crippen molar-refractivity contribution >= 4 is 11.9 Å². The van der Waals surface area contributed by atoms with E-state index in [0.29, 0.717) is 6.42 Å². The molecule has 0 radical (unpaired) electrons. The molecule has 2 unspecified atom stereocenters. The van der Waals surface area contributed by atoms with E-state index in [2.05, 4.69) is 10.4 Å². The molecule has 0 saturated heterocycles. The number of amides is 1. The van der Waals surface area contributed by atoms with Gasteiger partial charge in [-0.1, -0.05) is 84.9 Å². The van der Waals surface area contributed by atoms with E-state index in [1.54, 1.807) is 17.8 Å². The standard InChI is InChI=1S/C28H27N3O4/c1-31-25(22-10-6-3-7-11-22)18-24(30-31)27(33)29-23(17-26(32)28(34)35)16-19-12-14-21(15-13-19)20-8-4-2-5-9-20/h2-15,18,23,26,32H,16-17H2,1H3,(H,29,33)(H,34,35). The Morgan fingerprint density at radius 2 is 1.46 bits per heavy atom. The van der Waals surface area contributed by atoms with Crippen molar-refractivity contribution in [1.82, 2.24) is 15.1 Å². The molecule has 35 heavy (non-hydrogen) atoms. The van der Waals surface area contributed by atoms with Gasteiger partial charge >= 0.3 is 5.97 Å². The molecule has 0 fully saturated rings. The molecule has 0 aliphatic carbocycles. The van der Waals surface area contributed by atoms with Gasteiger partial charge in [0, 0.05) is 19.5 Å². The number of aliphatic hydroxyl groups excluding tert-OH is 1. The molecule has 4 aromatic rings. The van der Waals surface area contributed by atoms with E-state index in [1.165, 1.54) is 0 Å². The monoisotopic (exact) mass is 469 g/mol. The van der Waals surface area contributed by atoms with Gasteiger partial charge in [-0.3, -0.25) is 9.48 Å². The van der Waals surface area contributed by atoms with Crippen molar-refractivity contribution < 1.29 is 19.8 Å². The second-order valence-corrected chi connectivity index (χ2v) is 8.43. The minimum absolute atomic E-state index is 0.125. The van der Waals surface area contributed by atoms with E-state index in [-0.39, 0.29) is 12.1 Å². The number of carbonyl (C=O) groups is 2. The summed E-state index contributed by atoms with van der Waals surface area (Å²) in [5.74, 6) is -1.75. The van der Waals surface area contributed by atoms with E-state index in [4.69, 9.17) is 0 Å². The molecule has 1 amide bonds. The average Bonchev–Trinajstić information content (AvgIpc) is 3.27. The third kappa shape index (κ3) is 6.02. The van der Waals surface area contributed by atoms with Gasteiger partial charge in [-0.15, -0.1) is 0 Å². The normalized spacial score (nSPS) is 12.6. The Kier molecular flexibility index (Phi) is 7.38. The van der Waals surface area contributed by atoms with Crippen molar-refractivity contribution in [3.8, 4) is 22.4 Å². The zero-order valence-corrected chi connectivity index (χ0v) is 19.3. The lowest BCUT2D eigenvalue weighted by atomic mass is 9.97. The van der Waals surface area contributed by atoms with Crippen LogP contribution in [0, 0.1) is 0 Å². The second kappa shape index (κ2) is 10.8. The van der Waals surface area contributed by atoms with E-state index in [0.717, 1.165) is 27.9 Å². The van der Waals surface area contributed by atoms with Crippen molar-refractivity contribution in [2.75, 3.05) is 0 Å². The third-order valence-electron chi connectivity index (χ3n) is 5.85. The molecule has 3 aromatic carbocycles. The van der Waals surface area contributed by atoms with Crippen molar-refractivity contribution in [3.63, 3.8) is 0 Å². The third-order valence-corrected chi connectivity index (χ3v) is 5.85. The number of nitrogens with zero attached hydrogens (tertiary/aromatic N) is 2. The van der Waals surface area contributed by atoms with Crippen LogP contribution in [0.2, 0.25) is 0 Å². The van der Waals surface area contributed by atoms with Crippen molar-refractivity contribution in [3.05, 3.63) is 102 Å². The summed E-state index contributed by atoms with van der Waals surface area (Å²) in [6.07, 6.45) is -1.35. The number of carboxylic acids is 1. The van der Waals surface area contributed by atoms with Crippen LogP contribution in [0.1, 0.15) is 22.5 Å². The van der Waals surface area contributed by atoms with Gasteiger partial charge in [-0.05, 0) is 34.7 Å². The van der Waals surface area contributed by atoms with E-state index in [1.807, 2.05) is 84.9 Å². The Balaban J connectivity index is 1.51. The van der Waals surface area contributed by atoms with Gasteiger partial charge < -0.3 is 15.5 Å². The number of carbonyl (C=O) groups excluding carboxylic acids is 1. The number of aliphatic carboxylic acids is 1. The van der Waals surface area contributed by atoms with Crippen LogP contribution in [0.15, 0.2) is 91.0 Å². The van der Waals surface area contributed by atoms with Gasteiger partial charge in [-0.2, -0.15) is 5.10 Å². The highest BCUT2D eigenvalue weighted by atomic mass is 16.4. The number of hydrogen-bond acceptors (Lipinski definition) is 4. The maximum absolute atomic E-state index is 13.0. The summed E-state index contributed by atoms with van der Waals surface area (Å²) in [7, 11) is 1.76. The molecule has 1 aromatic heterocycles. The topological polar surface area (TPSA) is 104 Å². The number of aryl methyl sites for hydroxylation is 1. The number of carboxylic acid groups (broad SMARTS) is 1. The molecule has 3 N–H and O–H groups in total. The van der Waals surface area contributed by atoms with E-state index >= 15 is 0 Å². The Morgan fingerprint density at radius 3 is 2.06 bits per heavy atom. The maximum Gasteiger partial charge on any atom is 0.332 e. The van der Waals surface area contributed by atoms with Gasteiger partial charge in [-0.25, -0.2) is 4.79 Å². The fraction of sp³-hybridized carbons (Fsp3) is 0.179. The van der Waals surface area contributed by atoms with Crippen LogP contribution in [0.4, 0.5) is 0 Å². The van der Waals surface area contributed by atoms with Crippen LogP contribution in [0.3, 0.4) is 0 Å². The van der Waals surface area contributed by atoms with Gasteiger partial charge in [0.2, 0.25) is 0 Å². The number of rotatable bonds is 9. The van der Waals surface area contributed by atoms with Crippen LogP contribution >= 0.6 is 0 Å². The quantitative estimate of drug-likeness (QED) is 0.345. The zero-order chi connectivity index (χ0) is 24.8. The largest absolute Gasteiger partial charge is 0.479 e. The molecule has 0 bridgehead atoms. The van der Waals surface area contributed by atoms with Crippen molar-refractivity contribution in [2.45, 2.75) is 25.0 Å². The van der Waals surface area contributed by atoms with E-state index < -0.39 is 24.0 Å². The molecule has 1 heterocycles. The predicted octanol–water partition coefficient (Wildman–Crippen LogP) is 3.93. The highest BCUT2D eigenvalue weighted by Gasteiger charge is 2.24. The summed E-state index contributed by atoms with van der Waals surface area (Å²) in [6, 6.07) is 28.5. The lowest BCUT2D eigenvalue weighted by Gasteiger charge is -2.20. The van der Waals surface area contributed by atoms with Gasteiger partial charge in [0.05, 0.1) is 5.69 Å². The lowest BCUT2D eigenvalue weighted by molar-refractivity contribution is -0.147. The predicted molar refractivity (Wildman–Crippen MR) is 134 cm³/mol. The number of aliphatic hydroxyl groups is 1. The summed E-state index contributed by atoms with van der Waals surface area (Å²) in [5, 5.41) is 26.4. The zero-order valence-electron chi connectivity index (χ0n) is 19.3. The minimum Gasteiger partial charge on any atom is -0.479 e. The first-order valence-electron chi connectivity index (χ1n) is 11.4. The first kappa shape index (κ1) is 23.9. The summed E-state index contributed by atoms with van der Waals surface area (Å²) in [5.41, 5.74) is 5.00. The number of hydrogen-bond donors (Lipinski definition) is 3. The number of aromatic nitrogens is 2. The second-order valence-electron chi connectivity index (χ2n) is 8.43. The lowest BCUT2D eigenvalue weighted by Crippen LogP contribution is -2.40. The van der Waals surface area contributed by atoms with Crippen LogP contribution < -0.4 is 5.32 Å². The fourth-order valence-electron chi connectivity index (χ4n) is 4.03. The number of nitrogens with one attached hydrogen (secondary N) is 1. The molecule has 178 valence electrons. The maximum atomic E-state index is 13.0. The molecule has 0 aliphatic rings. The Bertz CT molecular complexity index is 1290. The van der Waals surface area contributed by atoms with Crippen LogP contribution in [-0.2, 0) is 18.3 Å². The highest BCUT2D eigenvalue weighted by Crippen LogP contribution is 2.21. The molecule has 7 heteroatoms.